The van der Waals surface area contributed by atoms with Gasteiger partial charge in [0.2, 0.25) is 0 Å². The van der Waals surface area contributed by atoms with E-state index in [0.29, 0.717) is 6.54 Å². The lowest BCUT2D eigenvalue weighted by atomic mass is 10.3. The molecule has 0 saturated heterocycles. The lowest BCUT2D eigenvalue weighted by Crippen LogP contribution is -2.36. The molecule has 0 atom stereocenters. The van der Waals surface area contributed by atoms with Gasteiger partial charge in [0.25, 0.3) is 0 Å². The average molecular weight is 369 g/mol. The molecule has 0 aliphatic carbocycles. The van der Waals surface area contributed by atoms with Crippen molar-refractivity contribution in [2.75, 3.05) is 13.7 Å². The Morgan fingerprint density at radius 3 is 2.73 bits per heavy atom. The first-order chi connectivity index (χ1) is 12.8. The van der Waals surface area contributed by atoms with Crippen LogP contribution in [0.3, 0.4) is 0 Å². The smallest absolute Gasteiger partial charge is 0.191 e. The van der Waals surface area contributed by atoms with E-state index in [-0.39, 0.29) is 0 Å². The highest BCUT2D eigenvalue weighted by Crippen LogP contribution is 2.14. The quantitative estimate of drug-likeness (QED) is 0.496. The SMILES string of the molecule is CCNC(=NCc1ccn(-c2ccc(OC)cc2)n1)NCc1cccs1. The first-order valence-corrected chi connectivity index (χ1v) is 9.40. The number of hydrogen-bond donors (Lipinski definition) is 2. The molecule has 0 bridgehead atoms. The molecule has 0 aliphatic rings. The van der Waals surface area contributed by atoms with Crippen molar-refractivity contribution in [3.05, 3.63) is 64.6 Å². The van der Waals surface area contributed by atoms with E-state index in [0.717, 1.165) is 36.2 Å². The van der Waals surface area contributed by atoms with Crippen LogP contribution in [-0.2, 0) is 13.1 Å². The van der Waals surface area contributed by atoms with Crippen molar-refractivity contribution in [1.82, 2.24) is 20.4 Å². The van der Waals surface area contributed by atoms with Crippen molar-refractivity contribution in [3.8, 4) is 11.4 Å². The number of hydrogen-bond acceptors (Lipinski definition) is 4. The Balaban J connectivity index is 1.62. The van der Waals surface area contributed by atoms with Crippen molar-refractivity contribution in [2.24, 2.45) is 4.99 Å². The summed E-state index contributed by atoms with van der Waals surface area (Å²) in [5.74, 6) is 1.62. The van der Waals surface area contributed by atoms with Crippen LogP contribution in [-0.4, -0.2) is 29.4 Å². The summed E-state index contributed by atoms with van der Waals surface area (Å²) in [6, 6.07) is 13.9. The molecule has 7 heteroatoms. The lowest BCUT2D eigenvalue weighted by Gasteiger charge is -2.09. The molecule has 136 valence electrons. The monoisotopic (exact) mass is 369 g/mol. The molecular formula is C19H23N5OS. The van der Waals surface area contributed by atoms with Crippen LogP contribution in [0.5, 0.6) is 5.75 Å². The highest BCUT2D eigenvalue weighted by atomic mass is 32.1. The van der Waals surface area contributed by atoms with E-state index < -0.39 is 0 Å². The van der Waals surface area contributed by atoms with Crippen LogP contribution in [0.15, 0.2) is 59.0 Å². The third-order valence-corrected chi connectivity index (χ3v) is 4.61. The molecule has 3 rings (SSSR count). The van der Waals surface area contributed by atoms with Gasteiger partial charge >= 0.3 is 0 Å². The van der Waals surface area contributed by atoms with Crippen LogP contribution < -0.4 is 15.4 Å². The Morgan fingerprint density at radius 2 is 2.04 bits per heavy atom. The molecule has 2 heterocycles. The molecule has 0 spiro atoms. The third-order valence-electron chi connectivity index (χ3n) is 3.73. The zero-order valence-electron chi connectivity index (χ0n) is 15.0. The van der Waals surface area contributed by atoms with Crippen molar-refractivity contribution < 1.29 is 4.74 Å². The van der Waals surface area contributed by atoms with Gasteiger partial charge < -0.3 is 15.4 Å². The van der Waals surface area contributed by atoms with E-state index in [1.165, 1.54) is 4.88 Å². The topological polar surface area (TPSA) is 63.5 Å². The number of thiophene rings is 1. The van der Waals surface area contributed by atoms with Crippen LogP contribution in [0, 0.1) is 0 Å². The molecule has 0 radical (unpaired) electrons. The van der Waals surface area contributed by atoms with Gasteiger partial charge in [0.05, 0.1) is 31.6 Å². The van der Waals surface area contributed by atoms with E-state index in [4.69, 9.17) is 4.74 Å². The average Bonchev–Trinajstić information content (AvgIpc) is 3.36. The molecule has 1 aromatic carbocycles. The summed E-state index contributed by atoms with van der Waals surface area (Å²) in [5.41, 5.74) is 1.90. The van der Waals surface area contributed by atoms with Gasteiger partial charge in [-0.25, -0.2) is 9.67 Å². The van der Waals surface area contributed by atoms with Crippen molar-refractivity contribution in [1.29, 1.82) is 0 Å². The number of benzene rings is 1. The van der Waals surface area contributed by atoms with Gasteiger partial charge in [-0.05, 0) is 48.7 Å². The van der Waals surface area contributed by atoms with Gasteiger partial charge in [-0.3, -0.25) is 0 Å². The molecule has 0 aliphatic heterocycles. The lowest BCUT2D eigenvalue weighted by molar-refractivity contribution is 0.414. The number of methoxy groups -OCH3 is 1. The summed E-state index contributed by atoms with van der Waals surface area (Å²) in [6.45, 7) is 4.16. The number of rotatable bonds is 7. The molecule has 3 aromatic rings. The molecule has 6 nitrogen and oxygen atoms in total. The molecule has 0 saturated carbocycles. The Bertz CT molecular complexity index is 824. The molecule has 26 heavy (non-hydrogen) atoms. The van der Waals surface area contributed by atoms with E-state index in [2.05, 4.69) is 45.2 Å². The van der Waals surface area contributed by atoms with Gasteiger partial charge in [-0.1, -0.05) is 6.07 Å². The molecule has 0 fully saturated rings. The molecule has 2 aromatic heterocycles. The number of nitrogens with zero attached hydrogens (tertiary/aromatic N) is 3. The van der Waals surface area contributed by atoms with Gasteiger partial charge in [0.1, 0.15) is 5.75 Å². The zero-order valence-corrected chi connectivity index (χ0v) is 15.8. The van der Waals surface area contributed by atoms with Crippen LogP contribution in [0.25, 0.3) is 5.69 Å². The fourth-order valence-electron chi connectivity index (χ4n) is 2.41. The first-order valence-electron chi connectivity index (χ1n) is 8.52. The second-order valence-corrected chi connectivity index (χ2v) is 6.61. The summed E-state index contributed by atoms with van der Waals surface area (Å²) in [5, 5.41) is 13.3. The number of nitrogens with one attached hydrogen (secondary N) is 2. The Kier molecular flexibility index (Phi) is 6.27. The van der Waals surface area contributed by atoms with Crippen LogP contribution in [0.4, 0.5) is 0 Å². The minimum absolute atomic E-state index is 0.517. The van der Waals surface area contributed by atoms with E-state index in [9.17, 15) is 0 Å². The molecule has 0 amide bonds. The maximum absolute atomic E-state index is 5.19. The molecule has 0 unspecified atom stereocenters. The zero-order chi connectivity index (χ0) is 18.2. The maximum atomic E-state index is 5.19. The number of ether oxygens (including phenoxy) is 1. The summed E-state index contributed by atoms with van der Waals surface area (Å²) in [6.07, 6.45) is 1.94. The Labute approximate surface area is 157 Å². The number of aliphatic imine (C=N–C) groups is 1. The largest absolute Gasteiger partial charge is 0.497 e. The number of aromatic nitrogens is 2. The normalized spacial score (nSPS) is 11.4. The predicted molar refractivity (Wildman–Crippen MR) is 106 cm³/mol. The van der Waals surface area contributed by atoms with E-state index in [1.54, 1.807) is 18.4 Å². The van der Waals surface area contributed by atoms with Gasteiger partial charge in [0.15, 0.2) is 5.96 Å². The van der Waals surface area contributed by atoms with Crippen molar-refractivity contribution in [3.63, 3.8) is 0 Å². The summed E-state index contributed by atoms with van der Waals surface area (Å²) in [7, 11) is 1.66. The summed E-state index contributed by atoms with van der Waals surface area (Å²) in [4.78, 5) is 5.90. The minimum atomic E-state index is 0.517. The van der Waals surface area contributed by atoms with Crippen molar-refractivity contribution in [2.45, 2.75) is 20.0 Å². The van der Waals surface area contributed by atoms with Gasteiger partial charge in [-0.2, -0.15) is 5.10 Å². The summed E-state index contributed by atoms with van der Waals surface area (Å²) < 4.78 is 7.03. The maximum Gasteiger partial charge on any atom is 0.191 e. The Morgan fingerprint density at radius 1 is 1.19 bits per heavy atom. The van der Waals surface area contributed by atoms with Gasteiger partial charge in [-0.15, -0.1) is 11.3 Å². The predicted octanol–water partition coefficient (Wildman–Crippen LogP) is 3.20. The molecular weight excluding hydrogens is 346 g/mol. The number of guanidine groups is 1. The van der Waals surface area contributed by atoms with Crippen LogP contribution in [0.2, 0.25) is 0 Å². The van der Waals surface area contributed by atoms with E-state index in [1.807, 2.05) is 41.2 Å². The minimum Gasteiger partial charge on any atom is -0.497 e. The first kappa shape index (κ1) is 18.0. The van der Waals surface area contributed by atoms with Crippen LogP contribution in [0.1, 0.15) is 17.5 Å². The molecule has 2 N–H and O–H groups in total. The summed E-state index contributed by atoms with van der Waals surface area (Å²) >= 11 is 1.73. The van der Waals surface area contributed by atoms with E-state index >= 15 is 0 Å². The highest BCUT2D eigenvalue weighted by molar-refractivity contribution is 7.09. The Hall–Kier alpha value is -2.80. The fourth-order valence-corrected chi connectivity index (χ4v) is 3.06. The third kappa shape index (κ3) is 4.86. The fraction of sp³-hybridized carbons (Fsp3) is 0.263. The standard InChI is InChI=1S/C19H23N5OS/c1-3-20-19(22-14-18-5-4-12-26-18)21-13-15-10-11-24(23-15)16-6-8-17(25-2)9-7-16/h4-12H,3,13-14H2,1-2H3,(H2,20,21,22). The van der Waals surface area contributed by atoms with Crippen LogP contribution >= 0.6 is 11.3 Å². The second-order valence-electron chi connectivity index (χ2n) is 5.58. The second kappa shape index (κ2) is 9.05. The van der Waals surface area contributed by atoms with Crippen molar-refractivity contribution >= 4 is 17.3 Å². The van der Waals surface area contributed by atoms with Gasteiger partial charge in [0, 0.05) is 17.6 Å². The highest BCUT2D eigenvalue weighted by Gasteiger charge is 2.03.